The number of nitrogens with one attached hydrogen (secondary N) is 1. The largest absolute Gasteiger partial charge is 0.394 e. The van der Waals surface area contributed by atoms with E-state index in [9.17, 15) is 15.0 Å². The van der Waals surface area contributed by atoms with Crippen molar-refractivity contribution in [2.45, 2.75) is 296 Å². The van der Waals surface area contributed by atoms with E-state index in [1.807, 2.05) is 0 Å². The minimum atomic E-state index is -0.650. The average Bonchev–Trinajstić information content (AvgIpc) is 3.15. The van der Waals surface area contributed by atoms with Gasteiger partial charge in [0.2, 0.25) is 5.91 Å². The first kappa shape index (κ1) is 51.4. The molecule has 0 heterocycles. The second kappa shape index (κ2) is 44.8. The zero-order valence-electron chi connectivity index (χ0n) is 35.9. The quantitative estimate of drug-likeness (QED) is 0.0545. The van der Waals surface area contributed by atoms with Gasteiger partial charge in [-0.05, 0) is 12.8 Å². The summed E-state index contributed by atoms with van der Waals surface area (Å²) in [6.07, 6.45) is 55.5. The van der Waals surface area contributed by atoms with Crippen LogP contribution in [0.15, 0.2) is 0 Å². The standard InChI is InChI=1S/C48H97NO3/c1-3-5-7-9-10-11-12-13-14-15-16-17-18-19-20-21-22-23-24-25-26-27-28-29-30-31-32-33-34-35-36-37-38-40-42-44-48(52)49-46(45-50)47(51)43-41-39-8-6-4-2/h46-47,50-51H,3-45H2,1-2H3,(H,49,52). The van der Waals surface area contributed by atoms with Crippen LogP contribution in [-0.2, 0) is 4.79 Å². The monoisotopic (exact) mass is 736 g/mol. The van der Waals surface area contributed by atoms with Gasteiger partial charge in [0, 0.05) is 6.42 Å². The molecule has 3 N–H and O–H groups in total. The van der Waals surface area contributed by atoms with E-state index >= 15 is 0 Å². The molecule has 0 fully saturated rings. The lowest BCUT2D eigenvalue weighted by atomic mass is 10.0. The molecule has 2 atom stereocenters. The van der Waals surface area contributed by atoms with Gasteiger partial charge in [0.15, 0.2) is 0 Å². The van der Waals surface area contributed by atoms with Gasteiger partial charge in [0.1, 0.15) is 0 Å². The van der Waals surface area contributed by atoms with Crippen LogP contribution in [-0.4, -0.2) is 34.9 Å². The van der Waals surface area contributed by atoms with E-state index in [0.29, 0.717) is 12.8 Å². The van der Waals surface area contributed by atoms with Crippen molar-refractivity contribution in [3.05, 3.63) is 0 Å². The van der Waals surface area contributed by atoms with E-state index in [-0.39, 0.29) is 12.5 Å². The molecular weight excluding hydrogens is 639 g/mol. The van der Waals surface area contributed by atoms with Crippen LogP contribution < -0.4 is 5.32 Å². The zero-order chi connectivity index (χ0) is 37.8. The summed E-state index contributed by atoms with van der Waals surface area (Å²) in [6.45, 7) is 4.30. The third-order valence-electron chi connectivity index (χ3n) is 11.6. The van der Waals surface area contributed by atoms with E-state index in [2.05, 4.69) is 19.2 Å². The van der Waals surface area contributed by atoms with Gasteiger partial charge in [-0.25, -0.2) is 0 Å². The molecule has 1 amide bonds. The number of hydrogen-bond donors (Lipinski definition) is 3. The number of carbonyl (C=O) groups excluding carboxylic acids is 1. The molecule has 0 aliphatic rings. The van der Waals surface area contributed by atoms with Gasteiger partial charge in [-0.1, -0.05) is 264 Å². The van der Waals surface area contributed by atoms with Crippen LogP contribution in [0.2, 0.25) is 0 Å². The van der Waals surface area contributed by atoms with Gasteiger partial charge in [-0.15, -0.1) is 0 Å². The van der Waals surface area contributed by atoms with Crippen molar-refractivity contribution in [1.82, 2.24) is 5.32 Å². The van der Waals surface area contributed by atoms with Crippen molar-refractivity contribution in [2.75, 3.05) is 6.61 Å². The molecule has 0 aromatic carbocycles. The lowest BCUT2D eigenvalue weighted by molar-refractivity contribution is -0.123. The molecule has 4 nitrogen and oxygen atoms in total. The van der Waals surface area contributed by atoms with Crippen LogP contribution in [0.4, 0.5) is 0 Å². The highest BCUT2D eigenvalue weighted by Gasteiger charge is 2.20. The molecule has 0 bridgehead atoms. The third kappa shape index (κ3) is 40.6. The molecule has 4 heteroatoms. The number of rotatable bonds is 45. The van der Waals surface area contributed by atoms with E-state index in [1.54, 1.807) is 0 Å². The number of unbranched alkanes of at least 4 members (excludes halogenated alkanes) is 38. The van der Waals surface area contributed by atoms with E-state index < -0.39 is 12.1 Å². The number of hydrogen-bond acceptors (Lipinski definition) is 3. The first-order valence-electron chi connectivity index (χ1n) is 24.2. The maximum absolute atomic E-state index is 12.3. The first-order chi connectivity index (χ1) is 25.7. The van der Waals surface area contributed by atoms with Crippen molar-refractivity contribution in [2.24, 2.45) is 0 Å². The maximum Gasteiger partial charge on any atom is 0.220 e. The second-order valence-corrected chi connectivity index (χ2v) is 16.9. The summed E-state index contributed by atoms with van der Waals surface area (Å²) in [7, 11) is 0. The third-order valence-corrected chi connectivity index (χ3v) is 11.6. The minimum absolute atomic E-state index is 0.0323. The fourth-order valence-corrected chi connectivity index (χ4v) is 7.89. The van der Waals surface area contributed by atoms with Gasteiger partial charge < -0.3 is 15.5 Å². The van der Waals surface area contributed by atoms with Gasteiger partial charge >= 0.3 is 0 Å². The van der Waals surface area contributed by atoms with Crippen LogP contribution in [0.25, 0.3) is 0 Å². The van der Waals surface area contributed by atoms with Crippen molar-refractivity contribution in [3.8, 4) is 0 Å². The Bertz CT molecular complexity index is 670. The molecule has 0 aliphatic carbocycles. The summed E-state index contributed by atoms with van der Waals surface area (Å²) in [6, 6.07) is -0.526. The van der Waals surface area contributed by atoms with Crippen LogP contribution in [0.3, 0.4) is 0 Å². The normalized spacial score (nSPS) is 12.8. The predicted molar refractivity (Wildman–Crippen MR) is 230 cm³/mol. The van der Waals surface area contributed by atoms with Crippen molar-refractivity contribution >= 4 is 5.91 Å². The Morgan fingerprint density at radius 2 is 0.615 bits per heavy atom. The molecule has 0 radical (unpaired) electrons. The highest BCUT2D eigenvalue weighted by molar-refractivity contribution is 5.76. The van der Waals surface area contributed by atoms with Crippen LogP contribution in [0.5, 0.6) is 0 Å². The van der Waals surface area contributed by atoms with Gasteiger partial charge in [0.05, 0.1) is 18.8 Å². The van der Waals surface area contributed by atoms with Gasteiger partial charge in [0.25, 0.3) is 0 Å². The number of aliphatic hydroxyl groups is 2. The SMILES string of the molecule is CCCCCCCCCCCCCCCCCCCCCCCCCCCCCCCCCCCCCC(=O)NC(CO)C(O)CCCCCCC. The Morgan fingerprint density at radius 1 is 0.385 bits per heavy atom. The number of carbonyl (C=O) groups is 1. The molecule has 0 spiro atoms. The highest BCUT2D eigenvalue weighted by atomic mass is 16.3. The maximum atomic E-state index is 12.3. The first-order valence-corrected chi connectivity index (χ1v) is 24.2. The highest BCUT2D eigenvalue weighted by Crippen LogP contribution is 2.18. The molecule has 0 aromatic rings. The molecule has 0 saturated carbocycles. The van der Waals surface area contributed by atoms with Crippen molar-refractivity contribution < 1.29 is 15.0 Å². The average molecular weight is 736 g/mol. The number of aliphatic hydroxyl groups excluding tert-OH is 2. The number of amides is 1. The Morgan fingerprint density at radius 3 is 0.865 bits per heavy atom. The summed E-state index contributed by atoms with van der Waals surface area (Å²) in [5.74, 6) is -0.0323. The topological polar surface area (TPSA) is 69.6 Å². The molecule has 0 saturated heterocycles. The molecule has 312 valence electrons. The molecule has 2 unspecified atom stereocenters. The molecule has 0 aromatic heterocycles. The fraction of sp³-hybridized carbons (Fsp3) is 0.979. The second-order valence-electron chi connectivity index (χ2n) is 16.9. The van der Waals surface area contributed by atoms with E-state index in [0.717, 1.165) is 25.7 Å². The van der Waals surface area contributed by atoms with Crippen molar-refractivity contribution in [1.29, 1.82) is 0 Å². The predicted octanol–water partition coefficient (Wildman–Crippen LogP) is 15.2. The van der Waals surface area contributed by atoms with Crippen molar-refractivity contribution in [3.63, 3.8) is 0 Å². The molecule has 0 rings (SSSR count). The van der Waals surface area contributed by atoms with E-state index in [1.165, 1.54) is 231 Å². The lowest BCUT2D eigenvalue weighted by Gasteiger charge is -2.22. The zero-order valence-corrected chi connectivity index (χ0v) is 35.9. The van der Waals surface area contributed by atoms with Crippen LogP contribution >= 0.6 is 0 Å². The Kier molecular flexibility index (Phi) is 44.3. The summed E-state index contributed by atoms with van der Waals surface area (Å²) in [5.41, 5.74) is 0. The fourth-order valence-electron chi connectivity index (χ4n) is 7.89. The summed E-state index contributed by atoms with van der Waals surface area (Å²) < 4.78 is 0. The Hall–Kier alpha value is -0.610. The van der Waals surface area contributed by atoms with Crippen LogP contribution in [0, 0.1) is 0 Å². The molecule has 52 heavy (non-hydrogen) atoms. The molecular formula is C48H97NO3. The lowest BCUT2D eigenvalue weighted by Crippen LogP contribution is -2.45. The summed E-state index contributed by atoms with van der Waals surface area (Å²) in [5, 5.41) is 22.8. The summed E-state index contributed by atoms with van der Waals surface area (Å²) >= 11 is 0. The van der Waals surface area contributed by atoms with Gasteiger partial charge in [-0.2, -0.15) is 0 Å². The molecule has 0 aliphatic heterocycles. The Balaban J connectivity index is 3.25. The van der Waals surface area contributed by atoms with Crippen LogP contribution in [0.1, 0.15) is 284 Å². The smallest absolute Gasteiger partial charge is 0.220 e. The van der Waals surface area contributed by atoms with Gasteiger partial charge in [-0.3, -0.25) is 4.79 Å². The minimum Gasteiger partial charge on any atom is -0.394 e. The van der Waals surface area contributed by atoms with E-state index in [4.69, 9.17) is 0 Å². The Labute approximate surface area is 327 Å². The summed E-state index contributed by atoms with van der Waals surface area (Å²) in [4.78, 5) is 12.3.